The fourth-order valence-electron chi connectivity index (χ4n) is 1.63. The smallest absolute Gasteiger partial charge is 0.313 e. The monoisotopic (exact) mass is 292 g/mol. The van der Waals surface area contributed by atoms with Crippen LogP contribution in [0.15, 0.2) is 23.4 Å². The van der Waals surface area contributed by atoms with Crippen LogP contribution in [-0.2, 0) is 6.18 Å². The third-order valence-electron chi connectivity index (χ3n) is 2.83. The molecule has 1 aromatic rings. The number of aromatic nitrogens is 1. The Morgan fingerprint density at radius 3 is 2.42 bits per heavy atom. The van der Waals surface area contributed by atoms with Crippen LogP contribution in [0.4, 0.5) is 13.2 Å². The highest BCUT2D eigenvalue weighted by Gasteiger charge is 2.30. The Bertz CT molecular complexity index is 361. The van der Waals surface area contributed by atoms with Gasteiger partial charge in [0, 0.05) is 24.5 Å². The molecule has 0 amide bonds. The van der Waals surface area contributed by atoms with Crippen LogP contribution in [0, 0.1) is 0 Å². The first-order valence-electron chi connectivity index (χ1n) is 6.36. The summed E-state index contributed by atoms with van der Waals surface area (Å²) < 4.78 is 37.0. The van der Waals surface area contributed by atoms with Crippen LogP contribution in [-0.4, -0.2) is 23.3 Å². The van der Waals surface area contributed by atoms with Crippen LogP contribution in [0.25, 0.3) is 0 Å². The van der Waals surface area contributed by atoms with Gasteiger partial charge in [0.25, 0.3) is 0 Å². The van der Waals surface area contributed by atoms with Gasteiger partial charge in [0.1, 0.15) is 0 Å². The molecular formula is C13H19F3N2S. The summed E-state index contributed by atoms with van der Waals surface area (Å²) in [5.74, 6) is 0.800. The van der Waals surface area contributed by atoms with Crippen molar-refractivity contribution in [1.82, 2.24) is 10.3 Å². The van der Waals surface area contributed by atoms with Gasteiger partial charge in [0.15, 0.2) is 0 Å². The molecule has 1 aromatic heterocycles. The molecule has 2 nitrogen and oxygen atoms in total. The minimum absolute atomic E-state index is 0.515. The zero-order chi connectivity index (χ0) is 14.3. The first kappa shape index (κ1) is 16.3. The zero-order valence-corrected chi connectivity index (χ0v) is 11.9. The van der Waals surface area contributed by atoms with E-state index in [1.807, 2.05) is 0 Å². The van der Waals surface area contributed by atoms with Crippen LogP contribution in [0.3, 0.4) is 0 Å². The molecule has 1 heterocycles. The number of alkyl halides is 3. The van der Waals surface area contributed by atoms with Crippen molar-refractivity contribution in [2.45, 2.75) is 43.9 Å². The molecule has 0 radical (unpaired) electrons. The van der Waals surface area contributed by atoms with E-state index in [1.165, 1.54) is 17.8 Å². The molecule has 0 atom stereocenters. The third kappa shape index (κ3) is 5.82. The van der Waals surface area contributed by atoms with E-state index in [9.17, 15) is 13.2 Å². The molecule has 108 valence electrons. The van der Waals surface area contributed by atoms with E-state index >= 15 is 0 Å². The SMILES string of the molecule is CCC(CC)NCCSc1ccc(C(F)(F)F)cn1. The Kier molecular flexibility index (Phi) is 6.65. The molecule has 0 aliphatic rings. The predicted molar refractivity (Wildman–Crippen MR) is 72.3 cm³/mol. The Morgan fingerprint density at radius 2 is 1.95 bits per heavy atom. The molecule has 1 N–H and O–H groups in total. The second-order valence-electron chi connectivity index (χ2n) is 4.20. The molecule has 19 heavy (non-hydrogen) atoms. The Balaban J connectivity index is 2.34. The molecule has 0 saturated heterocycles. The van der Waals surface area contributed by atoms with Crippen molar-refractivity contribution in [3.05, 3.63) is 23.9 Å². The molecule has 0 fully saturated rings. The first-order chi connectivity index (χ1) is 8.97. The maximum Gasteiger partial charge on any atom is 0.417 e. The zero-order valence-electron chi connectivity index (χ0n) is 11.1. The maximum absolute atomic E-state index is 12.3. The summed E-state index contributed by atoms with van der Waals surface area (Å²) in [7, 11) is 0. The average molecular weight is 292 g/mol. The van der Waals surface area contributed by atoms with Gasteiger partial charge in [-0.05, 0) is 25.0 Å². The molecular weight excluding hydrogens is 273 g/mol. The number of rotatable bonds is 7. The van der Waals surface area contributed by atoms with Crippen molar-refractivity contribution in [3.63, 3.8) is 0 Å². The molecule has 0 aliphatic heterocycles. The summed E-state index contributed by atoms with van der Waals surface area (Å²) in [5.41, 5.74) is -0.702. The predicted octanol–water partition coefficient (Wildman–Crippen LogP) is 3.97. The Hall–Kier alpha value is -0.750. The lowest BCUT2D eigenvalue weighted by Gasteiger charge is -2.14. The van der Waals surface area contributed by atoms with Gasteiger partial charge in [-0.2, -0.15) is 13.2 Å². The van der Waals surface area contributed by atoms with E-state index < -0.39 is 11.7 Å². The number of halogens is 3. The number of thioether (sulfide) groups is 1. The molecule has 0 aromatic carbocycles. The van der Waals surface area contributed by atoms with Crippen LogP contribution < -0.4 is 5.32 Å². The fourth-order valence-corrected chi connectivity index (χ4v) is 2.35. The van der Waals surface area contributed by atoms with Crippen LogP contribution in [0.2, 0.25) is 0 Å². The van der Waals surface area contributed by atoms with Gasteiger partial charge in [-0.1, -0.05) is 13.8 Å². The normalized spacial score (nSPS) is 12.1. The molecule has 0 aliphatic carbocycles. The first-order valence-corrected chi connectivity index (χ1v) is 7.35. The quantitative estimate of drug-likeness (QED) is 0.608. The van der Waals surface area contributed by atoms with Crippen LogP contribution in [0.5, 0.6) is 0 Å². The molecule has 0 saturated carbocycles. The fraction of sp³-hybridized carbons (Fsp3) is 0.615. The van der Waals surface area contributed by atoms with E-state index in [0.717, 1.165) is 37.4 Å². The summed E-state index contributed by atoms with van der Waals surface area (Å²) in [5, 5.41) is 4.02. The molecule has 1 rings (SSSR count). The van der Waals surface area contributed by atoms with Crippen molar-refractivity contribution < 1.29 is 13.2 Å². The highest BCUT2D eigenvalue weighted by Crippen LogP contribution is 2.29. The highest BCUT2D eigenvalue weighted by atomic mass is 32.2. The number of nitrogens with zero attached hydrogens (tertiary/aromatic N) is 1. The van der Waals surface area contributed by atoms with Crippen LogP contribution >= 0.6 is 11.8 Å². The summed E-state index contributed by atoms with van der Waals surface area (Å²) in [6.45, 7) is 5.09. The molecule has 0 bridgehead atoms. The van der Waals surface area contributed by atoms with Gasteiger partial charge < -0.3 is 5.32 Å². The number of nitrogens with one attached hydrogen (secondary N) is 1. The second kappa shape index (κ2) is 7.75. The van der Waals surface area contributed by atoms with Gasteiger partial charge in [-0.15, -0.1) is 11.8 Å². The lowest BCUT2D eigenvalue weighted by Crippen LogP contribution is -2.29. The van der Waals surface area contributed by atoms with Crippen molar-refractivity contribution in [1.29, 1.82) is 0 Å². The van der Waals surface area contributed by atoms with E-state index in [1.54, 1.807) is 0 Å². The summed E-state index contributed by atoms with van der Waals surface area (Å²) in [4.78, 5) is 3.82. The third-order valence-corrected chi connectivity index (χ3v) is 3.78. The van der Waals surface area contributed by atoms with Crippen molar-refractivity contribution in [2.24, 2.45) is 0 Å². The van der Waals surface area contributed by atoms with Gasteiger partial charge in [-0.25, -0.2) is 4.98 Å². The minimum Gasteiger partial charge on any atom is -0.313 e. The number of pyridine rings is 1. The van der Waals surface area contributed by atoms with E-state index in [4.69, 9.17) is 0 Å². The van der Waals surface area contributed by atoms with E-state index in [-0.39, 0.29) is 0 Å². The lowest BCUT2D eigenvalue weighted by molar-refractivity contribution is -0.137. The standard InChI is InChI=1S/C13H19F3N2S/c1-3-11(4-2)17-7-8-19-12-6-5-10(9-18-12)13(14,15)16/h5-6,9,11,17H,3-4,7-8H2,1-2H3. The van der Waals surface area contributed by atoms with Gasteiger partial charge in [0.2, 0.25) is 0 Å². The summed E-state index contributed by atoms with van der Waals surface area (Å²) in [6.07, 6.45) is -1.26. The van der Waals surface area contributed by atoms with Crippen molar-refractivity contribution in [2.75, 3.05) is 12.3 Å². The van der Waals surface area contributed by atoms with Gasteiger partial charge >= 0.3 is 6.18 Å². The van der Waals surface area contributed by atoms with Crippen molar-refractivity contribution in [3.8, 4) is 0 Å². The van der Waals surface area contributed by atoms with Crippen molar-refractivity contribution >= 4 is 11.8 Å². The number of hydrogen-bond donors (Lipinski definition) is 1. The molecule has 0 unspecified atom stereocenters. The topological polar surface area (TPSA) is 24.9 Å². The second-order valence-corrected chi connectivity index (χ2v) is 5.31. The summed E-state index contributed by atoms with van der Waals surface area (Å²) in [6, 6.07) is 3.01. The molecule has 0 spiro atoms. The number of hydrogen-bond acceptors (Lipinski definition) is 3. The Morgan fingerprint density at radius 1 is 1.26 bits per heavy atom. The Labute approximate surface area is 116 Å². The van der Waals surface area contributed by atoms with E-state index in [0.29, 0.717) is 11.1 Å². The maximum atomic E-state index is 12.3. The largest absolute Gasteiger partial charge is 0.417 e. The lowest BCUT2D eigenvalue weighted by atomic mass is 10.2. The summed E-state index contributed by atoms with van der Waals surface area (Å²) >= 11 is 1.46. The van der Waals surface area contributed by atoms with Gasteiger partial charge in [0.05, 0.1) is 10.6 Å². The average Bonchev–Trinajstić information content (AvgIpc) is 2.38. The minimum atomic E-state index is -4.31. The van der Waals surface area contributed by atoms with Crippen LogP contribution in [0.1, 0.15) is 32.3 Å². The molecule has 6 heteroatoms. The highest BCUT2D eigenvalue weighted by molar-refractivity contribution is 7.99. The van der Waals surface area contributed by atoms with Gasteiger partial charge in [-0.3, -0.25) is 0 Å². The van der Waals surface area contributed by atoms with E-state index in [2.05, 4.69) is 24.1 Å².